The average Bonchev–Trinajstić information content (AvgIpc) is 2.46. The SMILES string of the molecule is CNC1CCN(C(=O)c2cc(F)ccc2[N+](=O)[O-])CC1.Cl. The van der Waals surface area contributed by atoms with Gasteiger partial charge in [0.15, 0.2) is 0 Å². The Morgan fingerprint density at radius 1 is 1.43 bits per heavy atom. The summed E-state index contributed by atoms with van der Waals surface area (Å²) in [6, 6.07) is 3.30. The second-order valence-electron chi connectivity index (χ2n) is 4.77. The van der Waals surface area contributed by atoms with E-state index in [1.807, 2.05) is 7.05 Å². The first-order chi connectivity index (χ1) is 9.52. The summed E-state index contributed by atoms with van der Waals surface area (Å²) in [7, 11) is 1.86. The van der Waals surface area contributed by atoms with Crippen LogP contribution in [0, 0.1) is 15.9 Å². The molecule has 116 valence electrons. The van der Waals surface area contributed by atoms with Crippen molar-refractivity contribution in [3.05, 3.63) is 39.7 Å². The van der Waals surface area contributed by atoms with Gasteiger partial charge in [-0.2, -0.15) is 0 Å². The number of nitrogens with zero attached hydrogens (tertiary/aromatic N) is 2. The molecule has 0 radical (unpaired) electrons. The Morgan fingerprint density at radius 2 is 2.05 bits per heavy atom. The molecule has 1 saturated heterocycles. The molecule has 0 unspecified atom stereocenters. The van der Waals surface area contributed by atoms with Crippen LogP contribution in [-0.2, 0) is 0 Å². The molecule has 21 heavy (non-hydrogen) atoms. The van der Waals surface area contributed by atoms with Gasteiger partial charge in [0.05, 0.1) is 4.92 Å². The maximum absolute atomic E-state index is 13.3. The quantitative estimate of drug-likeness (QED) is 0.683. The van der Waals surface area contributed by atoms with E-state index < -0.39 is 16.6 Å². The summed E-state index contributed by atoms with van der Waals surface area (Å²) >= 11 is 0. The van der Waals surface area contributed by atoms with E-state index >= 15 is 0 Å². The summed E-state index contributed by atoms with van der Waals surface area (Å²) < 4.78 is 13.3. The highest BCUT2D eigenvalue weighted by molar-refractivity contribution is 5.98. The van der Waals surface area contributed by atoms with E-state index in [-0.39, 0.29) is 23.7 Å². The van der Waals surface area contributed by atoms with Gasteiger partial charge in [0.1, 0.15) is 11.4 Å². The minimum absolute atomic E-state index is 0. The number of likely N-dealkylation sites (tertiary alicyclic amines) is 1. The molecule has 1 N–H and O–H groups in total. The summed E-state index contributed by atoms with van der Waals surface area (Å²) in [4.78, 5) is 24.1. The molecule has 0 aromatic heterocycles. The zero-order chi connectivity index (χ0) is 14.7. The Morgan fingerprint density at radius 3 is 2.57 bits per heavy atom. The number of amides is 1. The predicted octanol–water partition coefficient (Wildman–Crippen LogP) is 1.98. The molecule has 8 heteroatoms. The molecule has 1 aliphatic rings. The van der Waals surface area contributed by atoms with Crippen molar-refractivity contribution < 1.29 is 14.1 Å². The Hall–Kier alpha value is -1.73. The number of carbonyl (C=O) groups excluding carboxylic acids is 1. The van der Waals surface area contributed by atoms with Crippen molar-refractivity contribution >= 4 is 24.0 Å². The van der Waals surface area contributed by atoms with E-state index in [4.69, 9.17) is 0 Å². The number of benzene rings is 1. The van der Waals surface area contributed by atoms with Crippen molar-refractivity contribution in [2.75, 3.05) is 20.1 Å². The average molecular weight is 318 g/mol. The summed E-state index contributed by atoms with van der Waals surface area (Å²) in [5, 5.41) is 14.1. The number of piperidine rings is 1. The second-order valence-corrected chi connectivity index (χ2v) is 4.77. The standard InChI is InChI=1S/C13H16FN3O3.ClH/c1-15-10-4-6-16(7-5-10)13(18)11-8-9(14)2-3-12(11)17(19)20;/h2-3,8,10,15H,4-7H2,1H3;1H. The molecule has 1 aliphatic heterocycles. The van der Waals surface area contributed by atoms with Gasteiger partial charge in [-0.05, 0) is 32.0 Å². The molecule has 1 amide bonds. The fourth-order valence-electron chi connectivity index (χ4n) is 2.38. The minimum atomic E-state index is -0.660. The number of rotatable bonds is 3. The molecule has 0 spiro atoms. The normalized spacial score (nSPS) is 15.4. The van der Waals surface area contributed by atoms with E-state index in [0.717, 1.165) is 31.0 Å². The van der Waals surface area contributed by atoms with Crippen molar-refractivity contribution in [3.63, 3.8) is 0 Å². The number of nitro benzene ring substituents is 1. The largest absolute Gasteiger partial charge is 0.338 e. The Balaban J connectivity index is 0.00000220. The van der Waals surface area contributed by atoms with Gasteiger partial charge >= 0.3 is 0 Å². The fourth-order valence-corrected chi connectivity index (χ4v) is 2.38. The third kappa shape index (κ3) is 3.89. The first-order valence-corrected chi connectivity index (χ1v) is 6.43. The minimum Gasteiger partial charge on any atom is -0.338 e. The second kappa shape index (κ2) is 7.33. The summed E-state index contributed by atoms with van der Waals surface area (Å²) in [6.45, 7) is 1.02. The van der Waals surface area contributed by atoms with Crippen molar-refractivity contribution in [1.29, 1.82) is 0 Å². The zero-order valence-electron chi connectivity index (χ0n) is 11.5. The van der Waals surface area contributed by atoms with Crippen molar-refractivity contribution in [3.8, 4) is 0 Å². The highest BCUT2D eigenvalue weighted by Crippen LogP contribution is 2.23. The number of nitrogens with one attached hydrogen (secondary N) is 1. The lowest BCUT2D eigenvalue weighted by molar-refractivity contribution is -0.385. The molecule has 1 aromatic rings. The molecule has 0 atom stereocenters. The van der Waals surface area contributed by atoms with Crippen LogP contribution >= 0.6 is 12.4 Å². The topological polar surface area (TPSA) is 75.5 Å². The Bertz CT molecular complexity index is 533. The van der Waals surface area contributed by atoms with Crippen LogP contribution in [0.4, 0.5) is 10.1 Å². The van der Waals surface area contributed by atoms with E-state index in [2.05, 4.69) is 5.32 Å². The van der Waals surface area contributed by atoms with Crippen LogP contribution in [-0.4, -0.2) is 41.9 Å². The lowest BCUT2D eigenvalue weighted by Crippen LogP contribution is -2.44. The summed E-state index contributed by atoms with van der Waals surface area (Å²) in [6.07, 6.45) is 1.57. The van der Waals surface area contributed by atoms with E-state index in [0.29, 0.717) is 19.1 Å². The van der Waals surface area contributed by atoms with Crippen LogP contribution in [0.3, 0.4) is 0 Å². The lowest BCUT2D eigenvalue weighted by Gasteiger charge is -2.31. The van der Waals surface area contributed by atoms with Gasteiger partial charge in [-0.25, -0.2) is 4.39 Å². The molecule has 0 aliphatic carbocycles. The van der Waals surface area contributed by atoms with E-state index in [9.17, 15) is 19.3 Å². The van der Waals surface area contributed by atoms with Gasteiger partial charge in [-0.15, -0.1) is 12.4 Å². The number of nitro groups is 1. The first kappa shape index (κ1) is 17.3. The fraction of sp³-hybridized carbons (Fsp3) is 0.462. The highest BCUT2D eigenvalue weighted by atomic mass is 35.5. The molecule has 2 rings (SSSR count). The molecule has 0 saturated carbocycles. The van der Waals surface area contributed by atoms with Crippen LogP contribution in [0.5, 0.6) is 0 Å². The van der Waals surface area contributed by atoms with E-state index in [1.54, 1.807) is 0 Å². The zero-order valence-corrected chi connectivity index (χ0v) is 12.4. The molecule has 1 fully saturated rings. The smallest absolute Gasteiger partial charge is 0.282 e. The van der Waals surface area contributed by atoms with Crippen molar-refractivity contribution in [1.82, 2.24) is 10.2 Å². The maximum atomic E-state index is 13.3. The Kier molecular flexibility index (Phi) is 6.04. The van der Waals surface area contributed by atoms with Crippen LogP contribution in [0.15, 0.2) is 18.2 Å². The molecular weight excluding hydrogens is 301 g/mol. The van der Waals surface area contributed by atoms with Gasteiger partial charge in [0, 0.05) is 25.2 Å². The third-order valence-electron chi connectivity index (χ3n) is 3.58. The molecular formula is C13H17ClFN3O3. The van der Waals surface area contributed by atoms with Crippen LogP contribution in [0.2, 0.25) is 0 Å². The van der Waals surface area contributed by atoms with Crippen LogP contribution in [0.25, 0.3) is 0 Å². The lowest BCUT2D eigenvalue weighted by atomic mass is 10.0. The van der Waals surface area contributed by atoms with Crippen molar-refractivity contribution in [2.45, 2.75) is 18.9 Å². The Labute approximate surface area is 127 Å². The van der Waals surface area contributed by atoms with Crippen molar-refractivity contribution in [2.24, 2.45) is 0 Å². The monoisotopic (exact) mass is 317 g/mol. The number of carbonyl (C=O) groups is 1. The summed E-state index contributed by atoms with van der Waals surface area (Å²) in [5.74, 6) is -1.13. The molecule has 0 bridgehead atoms. The van der Waals surface area contributed by atoms with Gasteiger partial charge in [0.25, 0.3) is 11.6 Å². The predicted molar refractivity (Wildman–Crippen MR) is 78.3 cm³/mol. The van der Waals surface area contributed by atoms with Crippen LogP contribution < -0.4 is 5.32 Å². The molecule has 1 heterocycles. The number of hydrogen-bond acceptors (Lipinski definition) is 4. The van der Waals surface area contributed by atoms with Gasteiger partial charge in [-0.3, -0.25) is 14.9 Å². The van der Waals surface area contributed by atoms with Gasteiger partial charge < -0.3 is 10.2 Å². The third-order valence-corrected chi connectivity index (χ3v) is 3.58. The van der Waals surface area contributed by atoms with Gasteiger partial charge in [-0.1, -0.05) is 0 Å². The first-order valence-electron chi connectivity index (χ1n) is 6.43. The highest BCUT2D eigenvalue weighted by Gasteiger charge is 2.28. The van der Waals surface area contributed by atoms with Gasteiger partial charge in [0.2, 0.25) is 0 Å². The number of hydrogen-bond donors (Lipinski definition) is 1. The maximum Gasteiger partial charge on any atom is 0.282 e. The van der Waals surface area contributed by atoms with Crippen LogP contribution in [0.1, 0.15) is 23.2 Å². The molecule has 6 nitrogen and oxygen atoms in total. The molecule has 1 aromatic carbocycles. The number of halogens is 2. The van der Waals surface area contributed by atoms with E-state index in [1.165, 1.54) is 4.90 Å². The summed E-state index contributed by atoms with van der Waals surface area (Å²) in [5.41, 5.74) is -0.537.